The molecule has 3 heteroatoms. The highest BCUT2D eigenvalue weighted by molar-refractivity contribution is 7.10. The lowest BCUT2D eigenvalue weighted by Gasteiger charge is -2.07. The van der Waals surface area contributed by atoms with Crippen molar-refractivity contribution >= 4 is 17.2 Å². The van der Waals surface area contributed by atoms with Crippen LogP contribution in [0, 0.1) is 6.92 Å². The summed E-state index contributed by atoms with van der Waals surface area (Å²) in [6.07, 6.45) is 5.00. The van der Waals surface area contributed by atoms with Crippen molar-refractivity contribution in [3.63, 3.8) is 0 Å². The Labute approximate surface area is 95.4 Å². The molecule has 0 atom stereocenters. The normalized spacial score (nSPS) is 17.0. The van der Waals surface area contributed by atoms with E-state index in [-0.39, 0.29) is 0 Å². The molecular weight excluding hydrogens is 204 g/mol. The van der Waals surface area contributed by atoms with Gasteiger partial charge in [-0.15, -0.1) is 11.3 Å². The molecular formula is C12H18N2S. The third kappa shape index (κ3) is 3.06. The average molecular weight is 222 g/mol. The molecule has 0 aromatic carbocycles. The SMILES string of the molecule is Cc1ccsc1CNC1=NCCCCC1. The van der Waals surface area contributed by atoms with Crippen molar-refractivity contribution in [2.45, 2.75) is 39.2 Å². The second-order valence-electron chi connectivity index (χ2n) is 4.02. The van der Waals surface area contributed by atoms with E-state index in [1.54, 1.807) is 0 Å². The van der Waals surface area contributed by atoms with Crippen LogP contribution in [0.3, 0.4) is 0 Å². The number of nitrogens with zero attached hydrogens (tertiary/aromatic N) is 1. The van der Waals surface area contributed by atoms with Crippen molar-refractivity contribution in [3.8, 4) is 0 Å². The van der Waals surface area contributed by atoms with E-state index in [4.69, 9.17) is 0 Å². The molecule has 1 N–H and O–H groups in total. The van der Waals surface area contributed by atoms with E-state index >= 15 is 0 Å². The van der Waals surface area contributed by atoms with Crippen LogP contribution in [0.2, 0.25) is 0 Å². The third-order valence-electron chi connectivity index (χ3n) is 2.80. The summed E-state index contributed by atoms with van der Waals surface area (Å²) in [6.45, 7) is 4.12. The monoisotopic (exact) mass is 222 g/mol. The molecule has 0 amide bonds. The molecule has 0 spiro atoms. The van der Waals surface area contributed by atoms with Gasteiger partial charge in [-0.05, 0) is 36.8 Å². The molecule has 1 aromatic rings. The zero-order chi connectivity index (χ0) is 10.5. The second kappa shape index (κ2) is 5.31. The summed E-state index contributed by atoms with van der Waals surface area (Å²) in [5.74, 6) is 1.21. The van der Waals surface area contributed by atoms with E-state index in [1.165, 1.54) is 35.5 Å². The molecule has 0 unspecified atom stereocenters. The predicted molar refractivity (Wildman–Crippen MR) is 66.7 cm³/mol. The highest BCUT2D eigenvalue weighted by Gasteiger charge is 2.05. The first-order valence-corrected chi connectivity index (χ1v) is 6.54. The smallest absolute Gasteiger partial charge is 0.0965 e. The van der Waals surface area contributed by atoms with Crippen LogP contribution in [0.5, 0.6) is 0 Å². The zero-order valence-corrected chi connectivity index (χ0v) is 10.1. The van der Waals surface area contributed by atoms with Gasteiger partial charge in [-0.2, -0.15) is 0 Å². The molecule has 0 saturated heterocycles. The molecule has 2 rings (SSSR count). The van der Waals surface area contributed by atoms with Crippen LogP contribution in [-0.2, 0) is 6.54 Å². The van der Waals surface area contributed by atoms with Gasteiger partial charge in [0, 0.05) is 17.8 Å². The first-order chi connectivity index (χ1) is 7.36. The van der Waals surface area contributed by atoms with Crippen LogP contribution in [0.25, 0.3) is 0 Å². The molecule has 0 bridgehead atoms. The molecule has 2 heterocycles. The van der Waals surface area contributed by atoms with Gasteiger partial charge in [0.05, 0.1) is 12.4 Å². The molecule has 15 heavy (non-hydrogen) atoms. The minimum absolute atomic E-state index is 0.947. The molecule has 0 aliphatic carbocycles. The first-order valence-electron chi connectivity index (χ1n) is 5.66. The molecule has 0 saturated carbocycles. The Morgan fingerprint density at radius 2 is 2.33 bits per heavy atom. The van der Waals surface area contributed by atoms with Gasteiger partial charge in [-0.1, -0.05) is 6.42 Å². The van der Waals surface area contributed by atoms with Gasteiger partial charge in [0.15, 0.2) is 0 Å². The number of rotatable bonds is 2. The Kier molecular flexibility index (Phi) is 3.78. The fourth-order valence-corrected chi connectivity index (χ4v) is 2.63. The van der Waals surface area contributed by atoms with Gasteiger partial charge >= 0.3 is 0 Å². The summed E-state index contributed by atoms with van der Waals surface area (Å²) in [7, 11) is 0. The van der Waals surface area contributed by atoms with Gasteiger partial charge in [-0.3, -0.25) is 4.99 Å². The van der Waals surface area contributed by atoms with E-state index in [0.717, 1.165) is 19.5 Å². The van der Waals surface area contributed by atoms with Crippen LogP contribution in [-0.4, -0.2) is 12.4 Å². The highest BCUT2D eigenvalue weighted by atomic mass is 32.1. The van der Waals surface area contributed by atoms with Crippen LogP contribution in [0.15, 0.2) is 16.4 Å². The number of hydrogen-bond acceptors (Lipinski definition) is 3. The van der Waals surface area contributed by atoms with Gasteiger partial charge in [0.25, 0.3) is 0 Å². The summed E-state index contributed by atoms with van der Waals surface area (Å²) < 4.78 is 0. The standard InChI is InChI=1S/C12H18N2S/c1-10-6-8-15-11(10)9-14-12-5-3-2-4-7-13-12/h6,8H,2-5,7,9H2,1H3,(H,13,14). The number of nitrogens with one attached hydrogen (secondary N) is 1. The quantitative estimate of drug-likeness (QED) is 0.817. The maximum Gasteiger partial charge on any atom is 0.0965 e. The minimum Gasteiger partial charge on any atom is -0.369 e. The van der Waals surface area contributed by atoms with Crippen molar-refractivity contribution < 1.29 is 0 Å². The van der Waals surface area contributed by atoms with Crippen LogP contribution in [0.4, 0.5) is 0 Å². The van der Waals surface area contributed by atoms with Gasteiger partial charge in [0.1, 0.15) is 0 Å². The highest BCUT2D eigenvalue weighted by Crippen LogP contribution is 2.15. The number of aliphatic imine (C=N–C) groups is 1. The lowest BCUT2D eigenvalue weighted by Crippen LogP contribution is -2.22. The average Bonchev–Trinajstić information content (AvgIpc) is 2.53. The minimum atomic E-state index is 0.947. The predicted octanol–water partition coefficient (Wildman–Crippen LogP) is 3.12. The molecule has 1 aromatic heterocycles. The summed E-state index contributed by atoms with van der Waals surface area (Å²) in [5.41, 5.74) is 1.39. The maximum absolute atomic E-state index is 4.56. The van der Waals surface area contributed by atoms with E-state index in [0.29, 0.717) is 0 Å². The van der Waals surface area contributed by atoms with E-state index < -0.39 is 0 Å². The number of amidine groups is 1. The molecule has 1 aliphatic rings. The summed E-state index contributed by atoms with van der Waals surface area (Å²) in [6, 6.07) is 2.18. The van der Waals surface area contributed by atoms with Crippen molar-refractivity contribution in [2.75, 3.05) is 6.54 Å². The number of hydrogen-bond donors (Lipinski definition) is 1. The molecule has 1 aliphatic heterocycles. The summed E-state index contributed by atoms with van der Waals surface area (Å²) in [5, 5.41) is 5.62. The molecule has 0 fully saturated rings. The fraction of sp³-hybridized carbons (Fsp3) is 0.583. The zero-order valence-electron chi connectivity index (χ0n) is 9.25. The largest absolute Gasteiger partial charge is 0.369 e. The Bertz CT molecular complexity index is 341. The van der Waals surface area contributed by atoms with Crippen LogP contribution in [0.1, 0.15) is 36.1 Å². The van der Waals surface area contributed by atoms with Crippen molar-refractivity contribution in [1.29, 1.82) is 0 Å². The van der Waals surface area contributed by atoms with Crippen LogP contribution >= 0.6 is 11.3 Å². The molecule has 2 nitrogen and oxygen atoms in total. The van der Waals surface area contributed by atoms with E-state index in [1.807, 2.05) is 11.3 Å². The number of thiophene rings is 1. The summed E-state index contributed by atoms with van der Waals surface area (Å²) >= 11 is 1.83. The van der Waals surface area contributed by atoms with Crippen molar-refractivity contribution in [3.05, 3.63) is 21.9 Å². The second-order valence-corrected chi connectivity index (χ2v) is 5.02. The first kappa shape index (κ1) is 10.7. The van der Waals surface area contributed by atoms with Gasteiger partial charge in [-0.25, -0.2) is 0 Å². The fourth-order valence-electron chi connectivity index (χ4n) is 1.79. The molecule has 82 valence electrons. The topological polar surface area (TPSA) is 24.4 Å². The summed E-state index contributed by atoms with van der Waals surface area (Å²) in [4.78, 5) is 5.99. The van der Waals surface area contributed by atoms with Gasteiger partial charge in [0.2, 0.25) is 0 Å². The Morgan fingerprint density at radius 3 is 3.13 bits per heavy atom. The Balaban J connectivity index is 1.87. The van der Waals surface area contributed by atoms with Crippen molar-refractivity contribution in [1.82, 2.24) is 5.32 Å². The maximum atomic E-state index is 4.56. The lowest BCUT2D eigenvalue weighted by atomic mass is 10.2. The van der Waals surface area contributed by atoms with Crippen molar-refractivity contribution in [2.24, 2.45) is 4.99 Å². The number of aryl methyl sites for hydroxylation is 1. The molecule has 0 radical (unpaired) electrons. The Hall–Kier alpha value is -0.830. The van der Waals surface area contributed by atoms with E-state index in [2.05, 4.69) is 28.7 Å². The van der Waals surface area contributed by atoms with Crippen LogP contribution < -0.4 is 5.32 Å². The third-order valence-corrected chi connectivity index (χ3v) is 3.82. The van der Waals surface area contributed by atoms with E-state index in [9.17, 15) is 0 Å². The van der Waals surface area contributed by atoms with Gasteiger partial charge < -0.3 is 5.32 Å². The lowest BCUT2D eigenvalue weighted by molar-refractivity contribution is 0.728. The Morgan fingerprint density at radius 1 is 1.40 bits per heavy atom.